The smallest absolute Gasteiger partial charge is 0.354 e. The monoisotopic (exact) mass is 695 g/mol. The number of hydrogen-bond acceptors (Lipinski definition) is 9. The van der Waals surface area contributed by atoms with Crippen molar-refractivity contribution in [1.82, 2.24) is 35.2 Å². The van der Waals surface area contributed by atoms with Crippen LogP contribution in [0.25, 0.3) is 16.6 Å². The van der Waals surface area contributed by atoms with E-state index in [4.69, 9.17) is 0 Å². The number of anilines is 2. The molecule has 0 saturated carbocycles. The Morgan fingerprint density at radius 3 is 2.37 bits per heavy atom. The van der Waals surface area contributed by atoms with E-state index in [0.717, 1.165) is 46.3 Å². The van der Waals surface area contributed by atoms with Crippen LogP contribution in [0.5, 0.6) is 0 Å². The van der Waals surface area contributed by atoms with Crippen LogP contribution in [0.15, 0.2) is 66.9 Å². The zero-order valence-corrected chi connectivity index (χ0v) is 27.5. The maximum absolute atomic E-state index is 13.5. The Morgan fingerprint density at radius 2 is 1.65 bits per heavy atom. The van der Waals surface area contributed by atoms with Crippen LogP contribution < -0.4 is 15.1 Å². The average Bonchev–Trinajstić information content (AvgIpc) is 3.72. The molecule has 15 heteroatoms. The maximum Gasteiger partial charge on any atom is 0.436 e. The number of nitrogens with one attached hydrogen (secondary N) is 1. The Kier molecular flexibility index (Phi) is 8.01. The van der Waals surface area contributed by atoms with E-state index < -0.39 is 23.8 Å². The van der Waals surface area contributed by atoms with Gasteiger partial charge in [0.1, 0.15) is 17.7 Å². The van der Waals surface area contributed by atoms with Crippen molar-refractivity contribution in [3.8, 4) is 5.82 Å². The number of piperazine rings is 1. The molecular weight excluding hydrogens is 663 g/mol. The summed E-state index contributed by atoms with van der Waals surface area (Å²) in [4.78, 5) is 53.5. The van der Waals surface area contributed by atoms with Gasteiger partial charge >= 0.3 is 6.18 Å². The Hall–Kier alpha value is -5.70. The molecule has 8 rings (SSSR count). The molecule has 5 heterocycles. The third-order valence-corrected chi connectivity index (χ3v) is 9.66. The minimum Gasteiger partial charge on any atom is -0.354 e. The average molecular weight is 696 g/mol. The molecule has 2 aromatic heterocycles. The summed E-state index contributed by atoms with van der Waals surface area (Å²) in [5, 5.41) is 11.5. The van der Waals surface area contributed by atoms with Gasteiger partial charge < -0.3 is 4.90 Å². The van der Waals surface area contributed by atoms with Crippen molar-refractivity contribution >= 4 is 40.0 Å². The molecule has 1 N–H and O–H groups in total. The summed E-state index contributed by atoms with van der Waals surface area (Å²) in [6.45, 7) is 5.36. The molecule has 1 atom stereocenters. The number of piperidine rings is 1. The van der Waals surface area contributed by atoms with E-state index in [9.17, 15) is 27.6 Å². The van der Waals surface area contributed by atoms with Gasteiger partial charge in [-0.2, -0.15) is 18.3 Å². The van der Waals surface area contributed by atoms with Gasteiger partial charge in [-0.3, -0.25) is 29.5 Å². The number of carbonyl (C=O) groups excluding carboxylic acids is 3. The Morgan fingerprint density at radius 1 is 0.902 bits per heavy atom. The highest BCUT2D eigenvalue weighted by Gasteiger charge is 2.41. The molecule has 2 saturated heterocycles. The van der Waals surface area contributed by atoms with Gasteiger partial charge in [-0.15, -0.1) is 9.90 Å². The second kappa shape index (κ2) is 12.6. The number of nitrogens with zero attached hydrogens (tertiary/aromatic N) is 8. The highest BCUT2D eigenvalue weighted by molar-refractivity contribution is 6.27. The summed E-state index contributed by atoms with van der Waals surface area (Å²) < 4.78 is 39.1. The van der Waals surface area contributed by atoms with E-state index in [-0.39, 0.29) is 24.1 Å². The van der Waals surface area contributed by atoms with Crippen LogP contribution in [-0.4, -0.2) is 79.8 Å². The number of amides is 3. The number of aryl methyl sites for hydroxylation is 1. The number of imide groups is 1. The molecule has 3 aliphatic rings. The van der Waals surface area contributed by atoms with Gasteiger partial charge in [-0.1, -0.05) is 42.5 Å². The Bertz CT molecular complexity index is 2190. The van der Waals surface area contributed by atoms with Crippen molar-refractivity contribution < 1.29 is 27.6 Å². The first-order valence-electron chi connectivity index (χ1n) is 16.6. The van der Waals surface area contributed by atoms with Crippen molar-refractivity contribution in [1.29, 1.82) is 0 Å². The lowest BCUT2D eigenvalue weighted by Crippen LogP contribution is -2.53. The summed E-state index contributed by atoms with van der Waals surface area (Å²) >= 11 is 0. The SMILES string of the molecule is Cc1nc(N2CCN(Cc3ccc(Cc4ccc5c6c(cccc46)C(=O)N5C4CCC(=O)NC4=O)cc3)CC2)cc(-n2ncc(C(F)(F)F)n2)n1. The molecule has 51 heavy (non-hydrogen) atoms. The van der Waals surface area contributed by atoms with Crippen molar-refractivity contribution in [2.45, 2.75) is 44.9 Å². The van der Waals surface area contributed by atoms with E-state index in [2.05, 4.69) is 59.5 Å². The predicted octanol–water partition coefficient (Wildman–Crippen LogP) is 4.22. The predicted molar refractivity (Wildman–Crippen MR) is 180 cm³/mol. The largest absolute Gasteiger partial charge is 0.436 e. The van der Waals surface area contributed by atoms with E-state index >= 15 is 0 Å². The molecule has 3 amide bonds. The van der Waals surface area contributed by atoms with Crippen LogP contribution in [0.4, 0.5) is 24.7 Å². The molecule has 12 nitrogen and oxygen atoms in total. The third kappa shape index (κ3) is 6.17. The lowest BCUT2D eigenvalue weighted by atomic mass is 9.95. The van der Waals surface area contributed by atoms with E-state index in [0.29, 0.717) is 55.0 Å². The molecule has 0 spiro atoms. The summed E-state index contributed by atoms with van der Waals surface area (Å²) in [5.74, 6) is 0.215. The first-order valence-corrected chi connectivity index (χ1v) is 16.6. The Balaban J connectivity index is 0.916. The summed E-state index contributed by atoms with van der Waals surface area (Å²) in [7, 11) is 0. The number of alkyl halides is 3. The second-order valence-electron chi connectivity index (χ2n) is 13.0. The fourth-order valence-corrected chi connectivity index (χ4v) is 7.14. The number of halogens is 3. The van der Waals surface area contributed by atoms with Crippen molar-refractivity contribution in [2.24, 2.45) is 0 Å². The summed E-state index contributed by atoms with van der Waals surface area (Å²) in [5.41, 5.74) is 3.55. The molecule has 5 aromatic rings. The normalized spacial score (nSPS) is 18.2. The first kappa shape index (κ1) is 32.5. The van der Waals surface area contributed by atoms with Gasteiger partial charge in [0, 0.05) is 56.2 Å². The third-order valence-electron chi connectivity index (χ3n) is 9.66. The van der Waals surface area contributed by atoms with E-state index in [1.165, 1.54) is 5.56 Å². The number of benzene rings is 3. The number of rotatable bonds is 7. The van der Waals surface area contributed by atoms with Crippen LogP contribution >= 0.6 is 0 Å². The topological polar surface area (TPSA) is 129 Å². The van der Waals surface area contributed by atoms with Gasteiger partial charge in [0.15, 0.2) is 11.5 Å². The highest BCUT2D eigenvalue weighted by Crippen LogP contribution is 2.41. The van der Waals surface area contributed by atoms with Crippen molar-refractivity contribution in [3.63, 3.8) is 0 Å². The van der Waals surface area contributed by atoms with Gasteiger partial charge in [0.25, 0.3) is 5.91 Å². The lowest BCUT2D eigenvalue weighted by Gasteiger charge is -2.35. The van der Waals surface area contributed by atoms with Crippen molar-refractivity contribution in [2.75, 3.05) is 36.0 Å². The zero-order valence-electron chi connectivity index (χ0n) is 27.5. The first-order chi connectivity index (χ1) is 24.5. The van der Waals surface area contributed by atoms with Gasteiger partial charge in [-0.25, -0.2) is 9.97 Å². The molecule has 0 bridgehead atoms. The van der Waals surface area contributed by atoms with Crippen LogP contribution in [0.2, 0.25) is 0 Å². The van der Waals surface area contributed by atoms with Crippen LogP contribution in [-0.2, 0) is 28.7 Å². The maximum atomic E-state index is 13.5. The molecule has 3 aliphatic heterocycles. The van der Waals surface area contributed by atoms with Gasteiger partial charge in [0.05, 0.1) is 11.9 Å². The molecule has 260 valence electrons. The summed E-state index contributed by atoms with van der Waals surface area (Å²) in [6.07, 6.45) is -2.76. The number of carbonyl (C=O) groups is 3. The van der Waals surface area contributed by atoms with Gasteiger partial charge in [-0.05, 0) is 54.0 Å². The van der Waals surface area contributed by atoms with Crippen LogP contribution in [0.3, 0.4) is 0 Å². The van der Waals surface area contributed by atoms with Crippen LogP contribution in [0, 0.1) is 6.92 Å². The van der Waals surface area contributed by atoms with E-state index in [1.54, 1.807) is 24.0 Å². The lowest BCUT2D eigenvalue weighted by molar-refractivity contribution is -0.141. The quantitative estimate of drug-likeness (QED) is 0.249. The van der Waals surface area contributed by atoms with Crippen LogP contribution in [0.1, 0.15) is 51.4 Å². The molecule has 2 fully saturated rings. The minimum atomic E-state index is -4.59. The van der Waals surface area contributed by atoms with E-state index in [1.807, 2.05) is 24.3 Å². The molecule has 3 aromatic carbocycles. The molecular formula is C36H32F3N9O3. The molecule has 0 radical (unpaired) electrons. The van der Waals surface area contributed by atoms with Gasteiger partial charge in [0.2, 0.25) is 11.8 Å². The number of hydrogen-bond donors (Lipinski definition) is 1. The fraction of sp³-hybridized carbons (Fsp3) is 0.306. The van der Waals surface area contributed by atoms with Crippen molar-refractivity contribution in [3.05, 3.63) is 101 Å². The number of aromatic nitrogens is 5. The fourth-order valence-electron chi connectivity index (χ4n) is 7.14. The zero-order chi connectivity index (χ0) is 35.4. The molecule has 1 unspecified atom stereocenters. The minimum absolute atomic E-state index is 0.176. The Labute approximate surface area is 289 Å². The standard InChI is InChI=1S/C36H32F3N9O3/c1-21-41-30(18-31(42-21)48-40-19-29(44-48)36(37,38)39)46-15-13-45(14-16-46)20-23-7-5-22(6-8-23)17-24-9-10-27-33-25(24)3-2-4-26(33)35(51)47(27)28-11-12-32(49)43-34(28)50/h2-10,18-19,28H,11-17,20H2,1H3,(H,43,49,50). The molecule has 0 aliphatic carbocycles. The second-order valence-corrected chi connectivity index (χ2v) is 13.0. The summed E-state index contributed by atoms with van der Waals surface area (Å²) in [6, 6.07) is 19.0. The highest BCUT2D eigenvalue weighted by atomic mass is 19.4.